The topological polar surface area (TPSA) is 126 Å². The minimum Gasteiger partial charge on any atom is -0.366 e. The van der Waals surface area contributed by atoms with Crippen LogP contribution in [0.4, 0.5) is 0 Å². The van der Waals surface area contributed by atoms with Gasteiger partial charge in [-0.2, -0.15) is 0 Å². The van der Waals surface area contributed by atoms with E-state index in [1.807, 2.05) is 25.3 Å². The number of hydrogen-bond acceptors (Lipinski definition) is 6. The lowest BCUT2D eigenvalue weighted by molar-refractivity contribution is -0.127. The van der Waals surface area contributed by atoms with Gasteiger partial charge < -0.3 is 25.8 Å². The molecular formula is C21H35Cl2N5O3. The van der Waals surface area contributed by atoms with Crippen molar-refractivity contribution in [1.82, 2.24) is 19.9 Å². The molecule has 0 saturated heterocycles. The van der Waals surface area contributed by atoms with E-state index in [1.165, 1.54) is 13.8 Å². The zero-order valence-corrected chi connectivity index (χ0v) is 20.6. The molecule has 10 heteroatoms. The Labute approximate surface area is 194 Å². The summed E-state index contributed by atoms with van der Waals surface area (Å²) < 4.78 is 1.99. The van der Waals surface area contributed by atoms with Crippen molar-refractivity contribution in [1.29, 1.82) is 0 Å². The fourth-order valence-electron chi connectivity index (χ4n) is 3.43. The first-order valence-corrected chi connectivity index (χ1v) is 11.3. The Kier molecular flexibility index (Phi) is 10.6. The van der Waals surface area contributed by atoms with Gasteiger partial charge in [-0.1, -0.05) is 37.0 Å². The third-order valence-corrected chi connectivity index (χ3v) is 5.35. The smallest absolute Gasteiger partial charge is 0.222 e. The molecule has 176 valence electrons. The zero-order chi connectivity index (χ0) is 23.9. The van der Waals surface area contributed by atoms with Gasteiger partial charge in [-0.25, -0.2) is 9.97 Å². The van der Waals surface area contributed by atoms with Gasteiger partial charge in [0.05, 0.1) is 11.3 Å². The van der Waals surface area contributed by atoms with Gasteiger partial charge in [-0.15, -0.1) is 0 Å². The van der Waals surface area contributed by atoms with E-state index >= 15 is 0 Å². The number of imidazole rings is 1. The minimum absolute atomic E-state index is 0.0285. The van der Waals surface area contributed by atoms with Crippen LogP contribution in [0.25, 0.3) is 11.2 Å². The highest BCUT2D eigenvalue weighted by Crippen LogP contribution is 2.38. The molecular weight excluding hydrogens is 441 g/mol. The second kappa shape index (κ2) is 12.0. The molecule has 1 aliphatic rings. The van der Waals surface area contributed by atoms with Gasteiger partial charge in [0.1, 0.15) is 10.7 Å². The van der Waals surface area contributed by atoms with Gasteiger partial charge in [-0.05, 0) is 46.5 Å². The number of nitrogens with zero attached hydrogens (tertiary/aromatic N) is 3. The number of carbonyl (C=O) groups is 1. The van der Waals surface area contributed by atoms with Crippen LogP contribution in [-0.4, -0.2) is 49.5 Å². The first kappa shape index (κ1) is 27.6. The largest absolute Gasteiger partial charge is 0.366 e. The molecule has 3 rings (SSSR count). The van der Waals surface area contributed by atoms with Crippen LogP contribution in [0.2, 0.25) is 10.2 Å². The standard InChI is InChI=1S/C16H21Cl2N5O.C3H8O2.C2H6/c1-8(19)5-11-12(17)13-15(22-14(11)18)23(7-21-13)10-4-3-9(6-10)16(24)20-2;1-3(2,4)5;1-2/h7-10H,3-6,19H2,1-2H3,(H,20,24);4-5H,1-2H3;1-2H3/t8?,9-,10?;;/m1../s1. The van der Waals surface area contributed by atoms with E-state index in [2.05, 4.69) is 15.3 Å². The number of pyridine rings is 1. The van der Waals surface area contributed by atoms with Crippen LogP contribution in [0.1, 0.15) is 65.5 Å². The van der Waals surface area contributed by atoms with Crippen LogP contribution in [0.3, 0.4) is 0 Å². The number of aromatic nitrogens is 3. The van der Waals surface area contributed by atoms with Gasteiger partial charge in [0.2, 0.25) is 5.91 Å². The Morgan fingerprint density at radius 2 is 1.94 bits per heavy atom. The summed E-state index contributed by atoms with van der Waals surface area (Å²) in [5, 5.41) is 19.8. The van der Waals surface area contributed by atoms with Crippen LogP contribution in [0.15, 0.2) is 6.33 Å². The maximum Gasteiger partial charge on any atom is 0.222 e. The molecule has 0 radical (unpaired) electrons. The van der Waals surface area contributed by atoms with Crippen LogP contribution < -0.4 is 11.1 Å². The SMILES string of the molecule is CC.CC(C)(O)O.CNC(=O)[C@@H]1CCC(n2cnc3c(Cl)c(CC(C)N)c(Cl)nc32)C1. The summed E-state index contributed by atoms with van der Waals surface area (Å²) >= 11 is 12.8. The van der Waals surface area contributed by atoms with Crippen molar-refractivity contribution in [2.24, 2.45) is 11.7 Å². The molecule has 0 bridgehead atoms. The van der Waals surface area contributed by atoms with Gasteiger partial charge >= 0.3 is 0 Å². The van der Waals surface area contributed by atoms with Crippen molar-refractivity contribution in [3.8, 4) is 0 Å². The first-order chi connectivity index (χ1) is 14.4. The zero-order valence-electron chi connectivity index (χ0n) is 19.1. The average molecular weight is 476 g/mol. The van der Waals surface area contributed by atoms with E-state index < -0.39 is 5.79 Å². The summed E-state index contributed by atoms with van der Waals surface area (Å²) in [4.78, 5) is 20.8. The van der Waals surface area contributed by atoms with Crippen molar-refractivity contribution >= 4 is 40.3 Å². The van der Waals surface area contributed by atoms with Crippen molar-refractivity contribution in [3.63, 3.8) is 0 Å². The number of aliphatic hydroxyl groups is 2. The quantitative estimate of drug-likeness (QED) is 0.396. The predicted octanol–water partition coefficient (Wildman–Crippen LogP) is 3.45. The predicted molar refractivity (Wildman–Crippen MR) is 125 cm³/mol. The summed E-state index contributed by atoms with van der Waals surface area (Å²) in [6, 6.07) is 0.112. The normalized spacial score (nSPS) is 19.2. The molecule has 2 unspecified atom stereocenters. The molecule has 1 fully saturated rings. The lowest BCUT2D eigenvalue weighted by Crippen LogP contribution is -2.25. The summed E-state index contributed by atoms with van der Waals surface area (Å²) in [5.41, 5.74) is 7.90. The maximum atomic E-state index is 11.8. The van der Waals surface area contributed by atoms with E-state index in [0.717, 1.165) is 24.8 Å². The molecule has 1 saturated carbocycles. The van der Waals surface area contributed by atoms with Crippen molar-refractivity contribution in [2.45, 2.75) is 78.2 Å². The number of amides is 1. The van der Waals surface area contributed by atoms with E-state index in [9.17, 15) is 4.79 Å². The number of nitrogens with two attached hydrogens (primary N) is 1. The summed E-state index contributed by atoms with van der Waals surface area (Å²) in [6.07, 6.45) is 4.82. The number of fused-ring (bicyclic) bond motifs is 1. The molecule has 2 heterocycles. The van der Waals surface area contributed by atoms with Crippen molar-refractivity contribution in [3.05, 3.63) is 22.1 Å². The Hall–Kier alpha value is -1.45. The Morgan fingerprint density at radius 1 is 1.35 bits per heavy atom. The monoisotopic (exact) mass is 475 g/mol. The molecule has 8 nitrogen and oxygen atoms in total. The van der Waals surface area contributed by atoms with Crippen LogP contribution >= 0.6 is 23.2 Å². The van der Waals surface area contributed by atoms with Gasteiger partial charge in [-0.3, -0.25) is 4.79 Å². The van der Waals surface area contributed by atoms with Gasteiger partial charge in [0.25, 0.3) is 0 Å². The number of carbonyl (C=O) groups excluding carboxylic acids is 1. The lowest BCUT2D eigenvalue weighted by Gasteiger charge is -2.14. The Bertz CT molecular complexity index is 859. The molecule has 1 amide bonds. The third kappa shape index (κ3) is 7.88. The third-order valence-electron chi connectivity index (χ3n) is 4.64. The Morgan fingerprint density at radius 3 is 2.45 bits per heavy atom. The highest BCUT2D eigenvalue weighted by atomic mass is 35.5. The summed E-state index contributed by atoms with van der Waals surface area (Å²) in [7, 11) is 1.67. The number of halogens is 2. The maximum absolute atomic E-state index is 11.8. The molecule has 3 atom stereocenters. The second-order valence-electron chi connectivity index (χ2n) is 7.97. The molecule has 5 N–H and O–H groups in total. The summed E-state index contributed by atoms with van der Waals surface area (Å²) in [5.74, 6) is -1.38. The highest BCUT2D eigenvalue weighted by Gasteiger charge is 2.31. The molecule has 1 aliphatic carbocycles. The van der Waals surface area contributed by atoms with E-state index in [-0.39, 0.29) is 23.9 Å². The molecule has 0 aliphatic heterocycles. The van der Waals surface area contributed by atoms with Crippen molar-refractivity contribution in [2.75, 3.05) is 7.05 Å². The van der Waals surface area contributed by atoms with Crippen LogP contribution in [0, 0.1) is 5.92 Å². The number of nitrogens with one attached hydrogen (secondary N) is 1. The Balaban J connectivity index is 0.000000605. The molecule has 2 aromatic rings. The molecule has 31 heavy (non-hydrogen) atoms. The summed E-state index contributed by atoms with van der Waals surface area (Å²) in [6.45, 7) is 8.49. The fraction of sp³-hybridized carbons (Fsp3) is 0.667. The van der Waals surface area contributed by atoms with Crippen LogP contribution in [-0.2, 0) is 11.2 Å². The number of rotatable bonds is 4. The molecule has 2 aromatic heterocycles. The highest BCUT2D eigenvalue weighted by molar-refractivity contribution is 6.38. The minimum atomic E-state index is -1.50. The van der Waals surface area contributed by atoms with Crippen LogP contribution in [0.5, 0.6) is 0 Å². The first-order valence-electron chi connectivity index (χ1n) is 10.5. The van der Waals surface area contributed by atoms with E-state index in [4.69, 9.17) is 39.1 Å². The van der Waals surface area contributed by atoms with Gasteiger partial charge in [0.15, 0.2) is 11.4 Å². The molecule has 0 aromatic carbocycles. The van der Waals surface area contributed by atoms with E-state index in [1.54, 1.807) is 13.4 Å². The van der Waals surface area contributed by atoms with E-state index in [0.29, 0.717) is 27.8 Å². The van der Waals surface area contributed by atoms with Crippen molar-refractivity contribution < 1.29 is 15.0 Å². The lowest BCUT2D eigenvalue weighted by atomic mass is 10.1. The molecule has 0 spiro atoms. The van der Waals surface area contributed by atoms with Gasteiger partial charge in [0, 0.05) is 30.6 Å². The number of hydrogen-bond donors (Lipinski definition) is 4. The average Bonchev–Trinajstić information content (AvgIpc) is 3.31. The second-order valence-corrected chi connectivity index (χ2v) is 8.71. The fourth-order valence-corrected chi connectivity index (χ4v) is 4.03.